The van der Waals surface area contributed by atoms with E-state index in [4.69, 9.17) is 16.3 Å². The fourth-order valence-electron chi connectivity index (χ4n) is 1.18. The minimum atomic E-state index is -0.00299. The van der Waals surface area contributed by atoms with E-state index in [-0.39, 0.29) is 5.78 Å². The number of Topliss-reactive ketones (excluding diaryl/α,β-unsaturated/α-hetero) is 1. The monoisotopic (exact) mass is 224 g/mol. The first kappa shape index (κ1) is 12.0. The van der Waals surface area contributed by atoms with E-state index in [1.54, 1.807) is 19.3 Å². The Labute approximate surface area is 94.5 Å². The lowest BCUT2D eigenvalue weighted by molar-refractivity contribution is -0.114. The third kappa shape index (κ3) is 3.50. The molecule has 2 nitrogen and oxygen atoms in total. The van der Waals surface area contributed by atoms with Gasteiger partial charge in [0.2, 0.25) is 0 Å². The molecule has 80 valence electrons. The normalized spacial score (nSPS) is 11.5. The second-order valence-electron chi connectivity index (χ2n) is 3.18. The predicted molar refractivity (Wildman–Crippen MR) is 62.0 cm³/mol. The van der Waals surface area contributed by atoms with Crippen LogP contribution >= 0.6 is 11.6 Å². The van der Waals surface area contributed by atoms with E-state index in [1.165, 1.54) is 6.92 Å². The highest BCUT2D eigenvalue weighted by Crippen LogP contribution is 2.18. The Morgan fingerprint density at radius 1 is 1.47 bits per heavy atom. The van der Waals surface area contributed by atoms with Crippen LogP contribution < -0.4 is 0 Å². The molecule has 0 saturated carbocycles. The highest BCUT2D eigenvalue weighted by Gasteiger charge is 2.04. The quantitative estimate of drug-likeness (QED) is 0.735. The second-order valence-corrected chi connectivity index (χ2v) is 3.59. The van der Waals surface area contributed by atoms with E-state index < -0.39 is 0 Å². The van der Waals surface area contributed by atoms with E-state index >= 15 is 0 Å². The molecule has 0 heterocycles. The van der Waals surface area contributed by atoms with Gasteiger partial charge in [0.1, 0.15) is 0 Å². The zero-order valence-corrected chi connectivity index (χ0v) is 9.54. The van der Waals surface area contributed by atoms with Crippen molar-refractivity contribution in [3.63, 3.8) is 0 Å². The van der Waals surface area contributed by atoms with Crippen molar-refractivity contribution in [3.05, 3.63) is 40.4 Å². The standard InChI is InChI=1S/C12H13ClO2/c1-9(14)11(8-15-2)7-10-5-3-4-6-12(10)13/h3-7H,8H2,1-2H3/b11-7+. The first-order chi connectivity index (χ1) is 7.15. The van der Waals surface area contributed by atoms with Gasteiger partial charge in [-0.05, 0) is 24.6 Å². The van der Waals surface area contributed by atoms with Crippen LogP contribution in [-0.4, -0.2) is 19.5 Å². The van der Waals surface area contributed by atoms with Crippen LogP contribution in [0.25, 0.3) is 6.08 Å². The van der Waals surface area contributed by atoms with Crippen LogP contribution in [-0.2, 0) is 9.53 Å². The molecule has 0 bridgehead atoms. The van der Waals surface area contributed by atoms with Gasteiger partial charge in [-0.3, -0.25) is 4.79 Å². The first-order valence-electron chi connectivity index (χ1n) is 4.60. The summed E-state index contributed by atoms with van der Waals surface area (Å²) in [5.74, 6) is -0.00299. The molecule has 1 rings (SSSR count). The average molecular weight is 225 g/mol. The molecule has 0 aromatic heterocycles. The Morgan fingerprint density at radius 2 is 2.13 bits per heavy atom. The summed E-state index contributed by atoms with van der Waals surface area (Å²) in [5, 5.41) is 0.632. The molecule has 0 atom stereocenters. The molecule has 1 aromatic carbocycles. The summed E-state index contributed by atoms with van der Waals surface area (Å²) in [6.45, 7) is 1.82. The number of ether oxygens (including phenoxy) is 1. The van der Waals surface area contributed by atoms with Gasteiger partial charge >= 0.3 is 0 Å². The third-order valence-corrected chi connectivity index (χ3v) is 2.33. The maximum absolute atomic E-state index is 11.3. The Balaban J connectivity index is 3.02. The summed E-state index contributed by atoms with van der Waals surface area (Å²) in [5.41, 5.74) is 1.45. The molecule has 0 unspecified atom stereocenters. The van der Waals surface area contributed by atoms with Gasteiger partial charge in [-0.25, -0.2) is 0 Å². The van der Waals surface area contributed by atoms with Gasteiger partial charge in [-0.2, -0.15) is 0 Å². The van der Waals surface area contributed by atoms with Crippen LogP contribution in [0.4, 0.5) is 0 Å². The Kier molecular flexibility index (Phi) is 4.53. The number of hydrogen-bond donors (Lipinski definition) is 0. The molecule has 0 fully saturated rings. The summed E-state index contributed by atoms with van der Waals surface area (Å²) in [7, 11) is 1.56. The van der Waals surface area contributed by atoms with Crippen LogP contribution in [0.15, 0.2) is 29.8 Å². The lowest BCUT2D eigenvalue weighted by Crippen LogP contribution is -2.03. The van der Waals surface area contributed by atoms with Crippen LogP contribution in [0.1, 0.15) is 12.5 Å². The summed E-state index contributed by atoms with van der Waals surface area (Å²) in [6.07, 6.45) is 1.76. The minimum Gasteiger partial charge on any atom is -0.380 e. The Hall–Kier alpha value is -1.12. The summed E-state index contributed by atoms with van der Waals surface area (Å²) in [6, 6.07) is 7.38. The first-order valence-corrected chi connectivity index (χ1v) is 4.98. The summed E-state index contributed by atoms with van der Waals surface area (Å²) in [4.78, 5) is 11.3. The Bertz CT molecular complexity index is 383. The van der Waals surface area contributed by atoms with Crippen molar-refractivity contribution in [2.75, 3.05) is 13.7 Å². The number of halogens is 1. The van der Waals surface area contributed by atoms with E-state index in [2.05, 4.69) is 0 Å². The van der Waals surface area contributed by atoms with Crippen LogP contribution in [0.3, 0.4) is 0 Å². The molecular weight excluding hydrogens is 212 g/mol. The number of rotatable bonds is 4. The zero-order valence-electron chi connectivity index (χ0n) is 8.79. The highest BCUT2D eigenvalue weighted by molar-refractivity contribution is 6.32. The molecule has 0 aliphatic heterocycles. The lowest BCUT2D eigenvalue weighted by Gasteiger charge is -2.03. The van der Waals surface area contributed by atoms with Crippen molar-refractivity contribution in [1.82, 2.24) is 0 Å². The second kappa shape index (κ2) is 5.69. The smallest absolute Gasteiger partial charge is 0.158 e. The lowest BCUT2D eigenvalue weighted by atomic mass is 10.1. The number of ketones is 1. The number of carbonyl (C=O) groups is 1. The van der Waals surface area contributed by atoms with Gasteiger partial charge in [0.25, 0.3) is 0 Å². The fraction of sp³-hybridized carbons (Fsp3) is 0.250. The van der Waals surface area contributed by atoms with Gasteiger partial charge in [0, 0.05) is 17.7 Å². The van der Waals surface area contributed by atoms with Crippen molar-refractivity contribution in [1.29, 1.82) is 0 Å². The van der Waals surface area contributed by atoms with E-state index in [9.17, 15) is 4.79 Å². The third-order valence-electron chi connectivity index (χ3n) is 1.99. The molecule has 0 aliphatic rings. The van der Waals surface area contributed by atoms with Crippen LogP contribution in [0.2, 0.25) is 5.02 Å². The van der Waals surface area contributed by atoms with E-state index in [0.717, 1.165) is 5.56 Å². The molecule has 0 N–H and O–H groups in total. The summed E-state index contributed by atoms with van der Waals surface area (Å²) >= 11 is 5.98. The maximum Gasteiger partial charge on any atom is 0.158 e. The minimum absolute atomic E-state index is 0.00299. The molecule has 0 radical (unpaired) electrons. The van der Waals surface area contributed by atoms with Gasteiger partial charge in [-0.1, -0.05) is 29.8 Å². The van der Waals surface area contributed by atoms with Gasteiger partial charge in [0.05, 0.1) is 6.61 Å². The predicted octanol–water partition coefficient (Wildman–Crippen LogP) is 2.96. The maximum atomic E-state index is 11.3. The molecule has 0 amide bonds. The van der Waals surface area contributed by atoms with Gasteiger partial charge < -0.3 is 4.74 Å². The molecule has 0 aliphatic carbocycles. The fourth-order valence-corrected chi connectivity index (χ4v) is 1.37. The molecule has 0 saturated heterocycles. The van der Waals surface area contributed by atoms with Crippen molar-refractivity contribution >= 4 is 23.5 Å². The topological polar surface area (TPSA) is 26.3 Å². The number of benzene rings is 1. The van der Waals surface area contributed by atoms with Crippen LogP contribution in [0.5, 0.6) is 0 Å². The van der Waals surface area contributed by atoms with Crippen LogP contribution in [0, 0.1) is 0 Å². The zero-order chi connectivity index (χ0) is 11.3. The molecule has 1 aromatic rings. The van der Waals surface area contributed by atoms with Gasteiger partial charge in [0.15, 0.2) is 5.78 Å². The molecule has 15 heavy (non-hydrogen) atoms. The number of methoxy groups -OCH3 is 1. The number of carbonyl (C=O) groups excluding carboxylic acids is 1. The van der Waals surface area contributed by atoms with Gasteiger partial charge in [-0.15, -0.1) is 0 Å². The van der Waals surface area contributed by atoms with E-state index in [0.29, 0.717) is 17.2 Å². The van der Waals surface area contributed by atoms with Crippen molar-refractivity contribution in [2.45, 2.75) is 6.92 Å². The molecular formula is C12H13ClO2. The van der Waals surface area contributed by atoms with Crippen molar-refractivity contribution in [3.8, 4) is 0 Å². The highest BCUT2D eigenvalue weighted by atomic mass is 35.5. The van der Waals surface area contributed by atoms with E-state index in [1.807, 2.05) is 18.2 Å². The Morgan fingerprint density at radius 3 is 2.67 bits per heavy atom. The average Bonchev–Trinajstić information content (AvgIpc) is 2.20. The SMILES string of the molecule is COC/C(=C\c1ccccc1Cl)C(C)=O. The number of hydrogen-bond acceptors (Lipinski definition) is 2. The molecule has 3 heteroatoms. The summed E-state index contributed by atoms with van der Waals surface area (Å²) < 4.78 is 4.95. The largest absolute Gasteiger partial charge is 0.380 e. The van der Waals surface area contributed by atoms with Crippen molar-refractivity contribution < 1.29 is 9.53 Å². The van der Waals surface area contributed by atoms with Crippen molar-refractivity contribution in [2.24, 2.45) is 0 Å². The molecule has 0 spiro atoms.